The van der Waals surface area contributed by atoms with Gasteiger partial charge in [-0.3, -0.25) is 0 Å². The SMILES string of the molecule is Cc1c(CC(C)(C)N)cc2c(c1C)OCCO2. The van der Waals surface area contributed by atoms with Gasteiger partial charge in [-0.2, -0.15) is 0 Å². The Balaban J connectivity index is 2.44. The van der Waals surface area contributed by atoms with Crippen molar-refractivity contribution in [1.29, 1.82) is 0 Å². The van der Waals surface area contributed by atoms with Gasteiger partial charge in [0.05, 0.1) is 0 Å². The summed E-state index contributed by atoms with van der Waals surface area (Å²) < 4.78 is 11.3. The maximum absolute atomic E-state index is 6.09. The van der Waals surface area contributed by atoms with E-state index in [2.05, 4.69) is 19.9 Å². The summed E-state index contributed by atoms with van der Waals surface area (Å²) in [5.41, 5.74) is 9.56. The maximum atomic E-state index is 6.09. The highest BCUT2D eigenvalue weighted by atomic mass is 16.6. The van der Waals surface area contributed by atoms with E-state index in [0.717, 1.165) is 17.9 Å². The third kappa shape index (κ3) is 2.55. The zero-order valence-corrected chi connectivity index (χ0v) is 11.1. The van der Waals surface area contributed by atoms with E-state index in [-0.39, 0.29) is 5.54 Å². The van der Waals surface area contributed by atoms with Gasteiger partial charge < -0.3 is 15.2 Å². The molecule has 0 spiro atoms. The largest absolute Gasteiger partial charge is 0.486 e. The standard InChI is InChI=1S/C14H21NO2/c1-9-10(2)13-12(16-5-6-17-13)7-11(9)8-14(3,4)15/h7H,5-6,8,15H2,1-4H3. The van der Waals surface area contributed by atoms with Gasteiger partial charge in [-0.25, -0.2) is 0 Å². The number of hydrogen-bond acceptors (Lipinski definition) is 3. The monoisotopic (exact) mass is 235 g/mol. The van der Waals surface area contributed by atoms with E-state index in [0.29, 0.717) is 13.2 Å². The zero-order chi connectivity index (χ0) is 12.6. The molecular weight excluding hydrogens is 214 g/mol. The molecule has 1 aromatic carbocycles. The molecular formula is C14H21NO2. The molecule has 0 aliphatic carbocycles. The van der Waals surface area contributed by atoms with E-state index >= 15 is 0 Å². The molecule has 17 heavy (non-hydrogen) atoms. The molecule has 1 aromatic rings. The minimum Gasteiger partial charge on any atom is -0.486 e. The van der Waals surface area contributed by atoms with Crippen LogP contribution < -0.4 is 15.2 Å². The fourth-order valence-electron chi connectivity index (χ4n) is 2.18. The Labute approximate surface area is 103 Å². The Hall–Kier alpha value is -1.22. The normalized spacial score (nSPS) is 14.9. The first-order valence-electron chi connectivity index (χ1n) is 6.06. The number of ether oxygens (including phenoxy) is 2. The fraction of sp³-hybridized carbons (Fsp3) is 0.571. The van der Waals surface area contributed by atoms with Crippen molar-refractivity contribution < 1.29 is 9.47 Å². The lowest BCUT2D eigenvalue weighted by Gasteiger charge is -2.25. The minimum absolute atomic E-state index is 0.207. The van der Waals surface area contributed by atoms with Gasteiger partial charge in [0.15, 0.2) is 11.5 Å². The van der Waals surface area contributed by atoms with Crippen LogP contribution >= 0.6 is 0 Å². The second kappa shape index (κ2) is 4.22. The van der Waals surface area contributed by atoms with Crippen LogP contribution in [-0.4, -0.2) is 18.8 Å². The van der Waals surface area contributed by atoms with Crippen LogP contribution in [0, 0.1) is 13.8 Å². The van der Waals surface area contributed by atoms with Crippen molar-refractivity contribution in [3.05, 3.63) is 22.8 Å². The second-order valence-corrected chi connectivity index (χ2v) is 5.48. The first kappa shape index (κ1) is 12.2. The topological polar surface area (TPSA) is 44.5 Å². The first-order valence-corrected chi connectivity index (χ1v) is 6.06. The van der Waals surface area contributed by atoms with Crippen molar-refractivity contribution >= 4 is 0 Å². The third-order valence-corrected chi connectivity index (χ3v) is 3.15. The van der Waals surface area contributed by atoms with Gasteiger partial charge in [0.25, 0.3) is 0 Å². The molecule has 3 heteroatoms. The highest BCUT2D eigenvalue weighted by molar-refractivity contribution is 5.54. The van der Waals surface area contributed by atoms with E-state index < -0.39 is 0 Å². The van der Waals surface area contributed by atoms with E-state index in [1.807, 2.05) is 13.8 Å². The smallest absolute Gasteiger partial charge is 0.164 e. The molecule has 1 heterocycles. The molecule has 0 saturated heterocycles. The molecule has 2 rings (SSSR count). The Morgan fingerprint density at radius 1 is 1.18 bits per heavy atom. The van der Waals surface area contributed by atoms with Crippen LogP contribution in [0.5, 0.6) is 11.5 Å². The zero-order valence-electron chi connectivity index (χ0n) is 11.1. The van der Waals surface area contributed by atoms with Crippen LogP contribution in [0.4, 0.5) is 0 Å². The third-order valence-electron chi connectivity index (χ3n) is 3.15. The Morgan fingerprint density at radius 3 is 2.47 bits per heavy atom. The molecule has 2 N–H and O–H groups in total. The summed E-state index contributed by atoms with van der Waals surface area (Å²) in [5.74, 6) is 1.76. The van der Waals surface area contributed by atoms with Crippen molar-refractivity contribution in [1.82, 2.24) is 0 Å². The van der Waals surface area contributed by atoms with E-state index in [1.165, 1.54) is 16.7 Å². The van der Waals surface area contributed by atoms with Crippen molar-refractivity contribution in [2.45, 2.75) is 39.7 Å². The fourth-order valence-corrected chi connectivity index (χ4v) is 2.18. The minimum atomic E-state index is -0.207. The summed E-state index contributed by atoms with van der Waals surface area (Å²) >= 11 is 0. The molecule has 0 radical (unpaired) electrons. The summed E-state index contributed by atoms with van der Waals surface area (Å²) in [6.45, 7) is 9.54. The highest BCUT2D eigenvalue weighted by Gasteiger charge is 2.21. The molecule has 0 saturated carbocycles. The summed E-state index contributed by atoms with van der Waals surface area (Å²) in [6, 6.07) is 2.07. The number of nitrogens with two attached hydrogens (primary N) is 1. The van der Waals surface area contributed by atoms with Crippen LogP contribution in [0.3, 0.4) is 0 Å². The van der Waals surface area contributed by atoms with E-state index in [1.54, 1.807) is 0 Å². The summed E-state index contributed by atoms with van der Waals surface area (Å²) in [6.07, 6.45) is 0.844. The van der Waals surface area contributed by atoms with Crippen LogP contribution in [0.2, 0.25) is 0 Å². The van der Waals surface area contributed by atoms with Crippen molar-refractivity contribution in [2.24, 2.45) is 5.73 Å². The molecule has 1 aliphatic heterocycles. The summed E-state index contributed by atoms with van der Waals surface area (Å²) in [5, 5.41) is 0. The van der Waals surface area contributed by atoms with Gasteiger partial charge in [0, 0.05) is 5.54 Å². The van der Waals surface area contributed by atoms with Crippen LogP contribution in [0.25, 0.3) is 0 Å². The van der Waals surface area contributed by atoms with Gasteiger partial charge >= 0.3 is 0 Å². The van der Waals surface area contributed by atoms with Crippen molar-refractivity contribution in [3.63, 3.8) is 0 Å². The first-order chi connectivity index (χ1) is 7.88. The molecule has 3 nitrogen and oxygen atoms in total. The number of rotatable bonds is 2. The van der Waals surface area contributed by atoms with E-state index in [9.17, 15) is 0 Å². The van der Waals surface area contributed by atoms with Crippen molar-refractivity contribution in [3.8, 4) is 11.5 Å². The molecule has 0 unspecified atom stereocenters. The van der Waals surface area contributed by atoms with Crippen LogP contribution in [-0.2, 0) is 6.42 Å². The molecule has 0 bridgehead atoms. The van der Waals surface area contributed by atoms with Gasteiger partial charge in [0.2, 0.25) is 0 Å². The Kier molecular flexibility index (Phi) is 3.04. The molecule has 0 aromatic heterocycles. The van der Waals surface area contributed by atoms with Gasteiger partial charge in [-0.05, 0) is 56.9 Å². The quantitative estimate of drug-likeness (QED) is 0.855. The number of benzene rings is 1. The predicted molar refractivity (Wildman–Crippen MR) is 68.9 cm³/mol. The summed E-state index contributed by atoms with van der Waals surface area (Å²) in [7, 11) is 0. The van der Waals surface area contributed by atoms with Crippen LogP contribution in [0.15, 0.2) is 6.07 Å². The average molecular weight is 235 g/mol. The Morgan fingerprint density at radius 2 is 1.82 bits per heavy atom. The molecule has 0 amide bonds. The maximum Gasteiger partial charge on any atom is 0.164 e. The lowest BCUT2D eigenvalue weighted by atomic mass is 9.91. The number of fused-ring (bicyclic) bond motifs is 1. The van der Waals surface area contributed by atoms with Gasteiger partial charge in [-0.15, -0.1) is 0 Å². The second-order valence-electron chi connectivity index (χ2n) is 5.48. The van der Waals surface area contributed by atoms with Crippen molar-refractivity contribution in [2.75, 3.05) is 13.2 Å². The molecule has 0 fully saturated rings. The predicted octanol–water partition coefficient (Wildman–Crippen LogP) is 2.35. The lowest BCUT2D eigenvalue weighted by molar-refractivity contribution is 0.170. The van der Waals surface area contributed by atoms with E-state index in [4.69, 9.17) is 15.2 Å². The average Bonchev–Trinajstić information content (AvgIpc) is 2.24. The number of hydrogen-bond donors (Lipinski definition) is 1. The van der Waals surface area contributed by atoms with Gasteiger partial charge in [0.1, 0.15) is 13.2 Å². The lowest BCUT2D eigenvalue weighted by Crippen LogP contribution is -2.34. The summed E-state index contributed by atoms with van der Waals surface area (Å²) in [4.78, 5) is 0. The molecule has 1 aliphatic rings. The molecule has 94 valence electrons. The molecule has 0 atom stereocenters. The van der Waals surface area contributed by atoms with Gasteiger partial charge in [-0.1, -0.05) is 0 Å². The Bertz CT molecular complexity index is 433. The van der Waals surface area contributed by atoms with Crippen LogP contribution in [0.1, 0.15) is 30.5 Å². The highest BCUT2D eigenvalue weighted by Crippen LogP contribution is 2.38.